The third kappa shape index (κ3) is 7.50. The summed E-state index contributed by atoms with van der Waals surface area (Å²) in [4.78, 5) is 57.2. The van der Waals surface area contributed by atoms with Crippen LogP contribution < -0.4 is 0 Å². The van der Waals surface area contributed by atoms with E-state index in [1.54, 1.807) is 20.8 Å². The van der Waals surface area contributed by atoms with Gasteiger partial charge < -0.3 is 14.3 Å². The summed E-state index contributed by atoms with van der Waals surface area (Å²) in [5, 5.41) is 10.1. The maximum Gasteiger partial charge on any atom is 0.335 e. The second-order valence-corrected chi connectivity index (χ2v) is 9.38. The van der Waals surface area contributed by atoms with Crippen molar-refractivity contribution < 1.29 is 38.6 Å². The van der Waals surface area contributed by atoms with Gasteiger partial charge in [0.25, 0.3) is 5.09 Å². The van der Waals surface area contributed by atoms with Crippen LogP contribution in [0.2, 0.25) is 0 Å². The molecular weight excluding hydrogens is 484 g/mol. The molecule has 198 valence electrons. The van der Waals surface area contributed by atoms with Crippen LogP contribution in [0, 0.1) is 10.1 Å². The molecule has 11 heteroatoms. The quantitative estimate of drug-likeness (QED) is 0.129. The third-order valence-electron chi connectivity index (χ3n) is 5.57. The summed E-state index contributed by atoms with van der Waals surface area (Å²) in [6.07, 6.45) is 0.220. The fraction of sp³-hybridized carbons (Fsp3) is 0.423. The molecule has 1 atom stereocenters. The van der Waals surface area contributed by atoms with Crippen molar-refractivity contribution >= 4 is 18.3 Å². The molecule has 1 unspecified atom stereocenters. The van der Waals surface area contributed by atoms with Gasteiger partial charge in [-0.2, -0.15) is 0 Å². The Hall–Kier alpha value is -3.99. The summed E-state index contributed by atoms with van der Waals surface area (Å²) in [6.45, 7) is 4.27. The molecule has 0 N–H and O–H groups in total. The predicted octanol–water partition coefficient (Wildman–Crippen LogP) is 3.43. The number of rotatable bonds is 13. The first-order valence-electron chi connectivity index (χ1n) is 11.8. The summed E-state index contributed by atoms with van der Waals surface area (Å²) in [6, 6.07) is 14.4. The van der Waals surface area contributed by atoms with Gasteiger partial charge in [-0.3, -0.25) is 14.4 Å². The summed E-state index contributed by atoms with van der Waals surface area (Å²) < 4.78 is 10.6. The lowest BCUT2D eigenvalue weighted by Gasteiger charge is -2.29. The van der Waals surface area contributed by atoms with Crippen molar-refractivity contribution in [3.8, 4) is 11.1 Å². The molecule has 1 amide bonds. The van der Waals surface area contributed by atoms with E-state index in [0.717, 1.165) is 27.3 Å². The number of esters is 2. The van der Waals surface area contributed by atoms with Crippen LogP contribution in [0.25, 0.3) is 11.1 Å². The van der Waals surface area contributed by atoms with Crippen LogP contribution in [-0.4, -0.2) is 60.0 Å². The predicted molar refractivity (Wildman–Crippen MR) is 130 cm³/mol. The number of nitrogens with zero attached hydrogens (tertiary/aromatic N) is 2. The number of ether oxygens (including phenoxy) is 2. The zero-order valence-electron chi connectivity index (χ0n) is 21.0. The van der Waals surface area contributed by atoms with Gasteiger partial charge in [0, 0.05) is 12.3 Å². The molecule has 0 radical (unpaired) electrons. The number of amides is 1. The van der Waals surface area contributed by atoms with E-state index in [2.05, 4.69) is 4.84 Å². The second kappa shape index (κ2) is 12.3. The smallest absolute Gasteiger partial charge is 0.335 e. The monoisotopic (exact) mass is 514 g/mol. The summed E-state index contributed by atoms with van der Waals surface area (Å²) >= 11 is 0. The minimum Gasteiger partial charge on any atom is -0.463 e. The molecule has 2 aromatic rings. The standard InChI is InChI=1S/C26H30N2O9/c1-26(2,3)37-25(31)23(16-34-24(30)13-8-14-35-28(32)33)27(17-29)36-15-22-20-11-6-4-9-18(20)19-10-5-7-12-21(19)22/h4-7,9-12,17,22-23H,8,13-16H2,1-3H3. The minimum atomic E-state index is -1.36. The average Bonchev–Trinajstić information content (AvgIpc) is 3.16. The Morgan fingerprint density at radius 1 is 1.08 bits per heavy atom. The van der Waals surface area contributed by atoms with Crippen molar-refractivity contribution in [3.05, 3.63) is 69.8 Å². The van der Waals surface area contributed by atoms with Gasteiger partial charge >= 0.3 is 11.9 Å². The van der Waals surface area contributed by atoms with Crippen LogP contribution in [0.15, 0.2) is 48.5 Å². The minimum absolute atomic E-state index is 0.0469. The Morgan fingerprint density at radius 3 is 2.22 bits per heavy atom. The largest absolute Gasteiger partial charge is 0.463 e. The fourth-order valence-electron chi connectivity index (χ4n) is 4.01. The van der Waals surface area contributed by atoms with E-state index in [-0.39, 0.29) is 32.0 Å². The van der Waals surface area contributed by atoms with Crippen molar-refractivity contribution in [1.82, 2.24) is 5.06 Å². The molecule has 3 rings (SSSR count). The Morgan fingerprint density at radius 2 is 1.68 bits per heavy atom. The van der Waals surface area contributed by atoms with Gasteiger partial charge in [0.05, 0.1) is 13.2 Å². The Labute approximate surface area is 214 Å². The van der Waals surface area contributed by atoms with Gasteiger partial charge in [-0.1, -0.05) is 48.5 Å². The first-order chi connectivity index (χ1) is 17.6. The molecular formula is C26H30N2O9. The lowest BCUT2D eigenvalue weighted by molar-refractivity contribution is -0.757. The summed E-state index contributed by atoms with van der Waals surface area (Å²) in [5.41, 5.74) is 3.35. The Bertz CT molecular complexity index is 1080. The second-order valence-electron chi connectivity index (χ2n) is 9.38. The third-order valence-corrected chi connectivity index (χ3v) is 5.57. The van der Waals surface area contributed by atoms with Gasteiger partial charge in [0.1, 0.15) is 12.2 Å². The lowest BCUT2D eigenvalue weighted by atomic mass is 9.98. The van der Waals surface area contributed by atoms with E-state index in [9.17, 15) is 24.5 Å². The lowest BCUT2D eigenvalue weighted by Crippen LogP contribution is -2.47. The normalized spacial score (nSPS) is 13.2. The number of fused-ring (bicyclic) bond motifs is 3. The van der Waals surface area contributed by atoms with Crippen molar-refractivity contribution in [2.24, 2.45) is 0 Å². The highest BCUT2D eigenvalue weighted by atomic mass is 16.9. The van der Waals surface area contributed by atoms with Crippen molar-refractivity contribution in [2.45, 2.75) is 51.2 Å². The van der Waals surface area contributed by atoms with Crippen LogP contribution in [-0.2, 0) is 33.5 Å². The highest BCUT2D eigenvalue weighted by Gasteiger charge is 2.34. The number of hydroxylamine groups is 2. The molecule has 37 heavy (non-hydrogen) atoms. The average molecular weight is 515 g/mol. The number of carbonyl (C=O) groups is 3. The zero-order valence-corrected chi connectivity index (χ0v) is 21.0. The van der Waals surface area contributed by atoms with E-state index in [4.69, 9.17) is 14.3 Å². The van der Waals surface area contributed by atoms with Crippen LogP contribution >= 0.6 is 0 Å². The first kappa shape index (κ1) is 27.6. The fourth-order valence-corrected chi connectivity index (χ4v) is 4.01. The summed E-state index contributed by atoms with van der Waals surface area (Å²) in [5.74, 6) is -1.71. The molecule has 1 aliphatic rings. The number of hydrogen-bond donors (Lipinski definition) is 0. The number of carbonyl (C=O) groups excluding carboxylic acids is 3. The van der Waals surface area contributed by atoms with Crippen molar-refractivity contribution in [3.63, 3.8) is 0 Å². The molecule has 2 aromatic carbocycles. The van der Waals surface area contributed by atoms with E-state index >= 15 is 0 Å². The Kier molecular flexibility index (Phi) is 9.18. The maximum atomic E-state index is 12.9. The van der Waals surface area contributed by atoms with Crippen molar-refractivity contribution in [1.29, 1.82) is 0 Å². The Balaban J connectivity index is 1.70. The molecule has 0 spiro atoms. The molecule has 0 aromatic heterocycles. The zero-order chi connectivity index (χ0) is 27.0. The molecule has 1 aliphatic carbocycles. The van der Waals surface area contributed by atoms with E-state index < -0.39 is 35.3 Å². The molecule has 0 aliphatic heterocycles. The van der Waals surface area contributed by atoms with Gasteiger partial charge in [-0.05, 0) is 49.4 Å². The molecule has 0 heterocycles. The highest BCUT2D eigenvalue weighted by Crippen LogP contribution is 2.44. The van der Waals surface area contributed by atoms with Crippen LogP contribution in [0.5, 0.6) is 0 Å². The topological polar surface area (TPSA) is 135 Å². The maximum absolute atomic E-state index is 12.9. The van der Waals surface area contributed by atoms with E-state index in [0.29, 0.717) is 6.41 Å². The van der Waals surface area contributed by atoms with Crippen LogP contribution in [0.3, 0.4) is 0 Å². The number of benzene rings is 2. The van der Waals surface area contributed by atoms with Gasteiger partial charge in [-0.25, -0.2) is 9.86 Å². The van der Waals surface area contributed by atoms with E-state index in [1.807, 2.05) is 48.5 Å². The number of hydrogen-bond acceptors (Lipinski definition) is 9. The van der Waals surface area contributed by atoms with Gasteiger partial charge in [0.15, 0.2) is 6.04 Å². The van der Waals surface area contributed by atoms with Crippen LogP contribution in [0.1, 0.15) is 50.7 Å². The molecule has 0 bridgehead atoms. The molecule has 0 fully saturated rings. The first-order valence-corrected chi connectivity index (χ1v) is 11.8. The molecule has 0 saturated carbocycles. The van der Waals surface area contributed by atoms with Crippen LogP contribution in [0.4, 0.5) is 0 Å². The SMILES string of the molecule is CC(C)(C)OC(=O)C(COC(=O)CCCO[N+](=O)[O-])N(C=O)OCC1c2ccccc2-c2ccccc21. The molecule has 11 nitrogen and oxygen atoms in total. The van der Waals surface area contributed by atoms with Gasteiger partial charge in [-0.15, -0.1) is 10.1 Å². The summed E-state index contributed by atoms with van der Waals surface area (Å²) in [7, 11) is 0. The van der Waals surface area contributed by atoms with Crippen molar-refractivity contribution in [2.75, 3.05) is 19.8 Å². The van der Waals surface area contributed by atoms with E-state index in [1.165, 1.54) is 0 Å². The van der Waals surface area contributed by atoms with Gasteiger partial charge in [0.2, 0.25) is 6.41 Å². The molecule has 0 saturated heterocycles. The highest BCUT2D eigenvalue weighted by molar-refractivity contribution is 5.80.